The van der Waals surface area contributed by atoms with Crippen LogP contribution in [0.2, 0.25) is 5.04 Å². The lowest BCUT2D eigenvalue weighted by Gasteiger charge is -2.44. The van der Waals surface area contributed by atoms with Crippen LogP contribution in [0.1, 0.15) is 42.1 Å². The van der Waals surface area contributed by atoms with E-state index in [0.717, 1.165) is 5.56 Å². The molecule has 0 aliphatic carbocycles. The number of rotatable bonds is 5. The fourth-order valence-corrected chi connectivity index (χ4v) is 8.31. The maximum Gasteiger partial charge on any atom is 0.261 e. The lowest BCUT2D eigenvalue weighted by atomic mass is 10.1. The van der Waals surface area contributed by atoms with E-state index < -0.39 is 8.32 Å². The monoisotopic (exact) mass is 364 g/mol. The normalized spacial score (nSPS) is 14.5. The molecule has 0 aliphatic rings. The summed E-state index contributed by atoms with van der Waals surface area (Å²) in [5.74, 6) is 0. The summed E-state index contributed by atoms with van der Waals surface area (Å²) in [5, 5.41) is 2.36. The molecule has 0 spiro atoms. The van der Waals surface area contributed by atoms with Crippen molar-refractivity contribution >= 4 is 18.7 Å². The first kappa shape index (κ1) is 16.0. The Kier molecular flexibility index (Phi) is 4.69. The Balaban J connectivity index is 2.18. The highest BCUT2D eigenvalue weighted by molar-refractivity contribution is 6.99. The Morgan fingerprint density at radius 1 is 0.769 bits per heavy atom. The fourth-order valence-electron chi connectivity index (χ4n) is 3.62. The van der Waals surface area contributed by atoms with Crippen molar-refractivity contribution in [3.05, 3.63) is 96.5 Å². The zero-order chi connectivity index (χ0) is 20.4. The van der Waals surface area contributed by atoms with Gasteiger partial charge >= 0.3 is 0 Å². The predicted molar refractivity (Wildman–Crippen MR) is 114 cm³/mol. The standard InChI is InChI=1S/C24H28OSi/c1-20(21-14-8-5-9-15-21)25-26(24(2,3)4,22-16-10-6-11-17-22)23-18-12-7-13-19-23/h5-20H,1-4H3/i8T,9T. The lowest BCUT2D eigenvalue weighted by Crippen LogP contribution is -2.66. The van der Waals surface area contributed by atoms with E-state index in [1.807, 2.05) is 19.1 Å². The summed E-state index contributed by atoms with van der Waals surface area (Å²) in [7, 11) is -2.65. The van der Waals surface area contributed by atoms with Gasteiger partial charge in [0.1, 0.15) is 0 Å². The van der Waals surface area contributed by atoms with Gasteiger partial charge in [-0.25, -0.2) is 0 Å². The summed E-state index contributed by atoms with van der Waals surface area (Å²) >= 11 is 0. The third-order valence-corrected chi connectivity index (χ3v) is 10.0. The predicted octanol–water partition coefficient (Wildman–Crippen LogP) is 5.32. The van der Waals surface area contributed by atoms with Crippen LogP contribution in [0.25, 0.3) is 0 Å². The van der Waals surface area contributed by atoms with E-state index in [0.29, 0.717) is 12.1 Å². The van der Waals surface area contributed by atoms with Gasteiger partial charge in [0.05, 0.1) is 8.85 Å². The fraction of sp³-hybridized carbons (Fsp3) is 0.250. The molecule has 0 saturated heterocycles. The van der Waals surface area contributed by atoms with Crippen molar-refractivity contribution in [2.24, 2.45) is 0 Å². The first-order chi connectivity index (χ1) is 13.2. The molecule has 3 aromatic rings. The first-order valence-corrected chi connectivity index (χ1v) is 11.0. The minimum Gasteiger partial charge on any atom is -0.401 e. The maximum absolute atomic E-state index is 7.99. The van der Waals surface area contributed by atoms with Crippen LogP contribution in [0, 0.1) is 0 Å². The van der Waals surface area contributed by atoms with Crippen molar-refractivity contribution in [1.29, 1.82) is 0 Å². The van der Waals surface area contributed by atoms with E-state index in [1.165, 1.54) is 10.4 Å². The van der Waals surface area contributed by atoms with Crippen LogP contribution in [0.5, 0.6) is 0 Å². The van der Waals surface area contributed by atoms with Gasteiger partial charge in [-0.15, -0.1) is 0 Å². The lowest BCUT2D eigenvalue weighted by molar-refractivity contribution is 0.211. The van der Waals surface area contributed by atoms with E-state index in [2.05, 4.69) is 69.3 Å². The van der Waals surface area contributed by atoms with E-state index >= 15 is 0 Å². The maximum atomic E-state index is 7.99. The molecule has 0 amide bonds. The minimum atomic E-state index is -2.65. The number of hydrogen-bond donors (Lipinski definition) is 0. The van der Waals surface area contributed by atoms with Gasteiger partial charge in [0, 0.05) is 0 Å². The Labute approximate surface area is 161 Å². The van der Waals surface area contributed by atoms with Crippen LogP contribution in [-0.4, -0.2) is 8.32 Å². The molecule has 0 bridgehead atoms. The minimum absolute atomic E-state index is 0.105. The van der Waals surface area contributed by atoms with Gasteiger partial charge in [-0.1, -0.05) is 112 Å². The third kappa shape index (κ3) is 3.53. The summed E-state index contributed by atoms with van der Waals surface area (Å²) < 4.78 is 23.0. The van der Waals surface area contributed by atoms with Gasteiger partial charge in [-0.2, -0.15) is 0 Å². The SMILES string of the molecule is [3H]c1cc([3H])cc(C(C)O[Si](c2ccccc2)(c2ccccc2)C(C)(C)C)c1. The summed E-state index contributed by atoms with van der Waals surface area (Å²) in [5.41, 5.74) is 0.880. The van der Waals surface area contributed by atoms with Gasteiger partial charge < -0.3 is 4.43 Å². The van der Waals surface area contributed by atoms with Crippen molar-refractivity contribution in [3.63, 3.8) is 0 Å². The van der Waals surface area contributed by atoms with Crippen LogP contribution in [0.15, 0.2) is 90.9 Å². The smallest absolute Gasteiger partial charge is 0.261 e. The second kappa shape index (κ2) is 7.61. The van der Waals surface area contributed by atoms with Gasteiger partial charge in [0.15, 0.2) is 0 Å². The molecule has 26 heavy (non-hydrogen) atoms. The van der Waals surface area contributed by atoms with Crippen molar-refractivity contribution in [2.45, 2.75) is 38.8 Å². The molecule has 0 saturated carbocycles. The molecule has 1 unspecified atom stereocenters. The molecule has 0 heterocycles. The van der Waals surface area contributed by atoms with Crippen molar-refractivity contribution in [1.82, 2.24) is 0 Å². The molecule has 0 fully saturated rings. The second-order valence-electron chi connectivity index (χ2n) is 7.69. The molecule has 3 aromatic carbocycles. The Hall–Kier alpha value is -2.16. The summed E-state index contributed by atoms with van der Waals surface area (Å²) in [6.45, 7) is 8.79. The van der Waals surface area contributed by atoms with E-state index in [9.17, 15) is 0 Å². The molecule has 0 radical (unpaired) electrons. The highest BCUT2D eigenvalue weighted by Crippen LogP contribution is 2.39. The molecule has 0 aromatic heterocycles. The third-order valence-electron chi connectivity index (χ3n) is 4.91. The average Bonchev–Trinajstić information content (AvgIpc) is 2.65. The Bertz CT molecular complexity index is 861. The molecule has 0 N–H and O–H groups in total. The summed E-state index contributed by atoms with van der Waals surface area (Å²) in [4.78, 5) is 0. The molecular weight excluding hydrogens is 332 g/mol. The van der Waals surface area contributed by atoms with Crippen LogP contribution >= 0.6 is 0 Å². The molecule has 1 atom stereocenters. The van der Waals surface area contributed by atoms with Crippen LogP contribution in [-0.2, 0) is 4.43 Å². The molecule has 2 heteroatoms. The van der Waals surface area contributed by atoms with Crippen LogP contribution in [0.3, 0.4) is 0 Å². The largest absolute Gasteiger partial charge is 0.401 e. The highest BCUT2D eigenvalue weighted by atomic mass is 28.4. The highest BCUT2D eigenvalue weighted by Gasteiger charge is 2.51. The van der Waals surface area contributed by atoms with E-state index in [4.69, 9.17) is 7.17 Å². The number of hydrogen-bond acceptors (Lipinski definition) is 1. The van der Waals surface area contributed by atoms with Crippen molar-refractivity contribution in [3.8, 4) is 0 Å². The van der Waals surface area contributed by atoms with Gasteiger partial charge in [0.25, 0.3) is 8.32 Å². The molecule has 0 aliphatic heterocycles. The Morgan fingerprint density at radius 3 is 1.65 bits per heavy atom. The second-order valence-corrected chi connectivity index (χ2v) is 11.9. The van der Waals surface area contributed by atoms with Crippen LogP contribution in [0.4, 0.5) is 0 Å². The van der Waals surface area contributed by atoms with Gasteiger partial charge in [-0.3, -0.25) is 0 Å². The summed E-state index contributed by atoms with van der Waals surface area (Å²) in [6, 6.07) is 26.9. The Morgan fingerprint density at radius 2 is 1.23 bits per heavy atom. The average molecular weight is 365 g/mol. The van der Waals surface area contributed by atoms with E-state index in [-0.39, 0.29) is 11.1 Å². The topological polar surface area (TPSA) is 9.23 Å². The zero-order valence-electron chi connectivity index (χ0n) is 18.0. The van der Waals surface area contributed by atoms with Crippen molar-refractivity contribution in [2.75, 3.05) is 0 Å². The van der Waals surface area contributed by atoms with Gasteiger partial charge in [-0.05, 0) is 27.9 Å². The molecule has 134 valence electrons. The quantitative estimate of drug-likeness (QED) is 0.556. The van der Waals surface area contributed by atoms with Crippen molar-refractivity contribution < 1.29 is 7.17 Å². The van der Waals surface area contributed by atoms with Crippen LogP contribution < -0.4 is 10.4 Å². The summed E-state index contributed by atoms with van der Waals surface area (Å²) in [6.07, 6.45) is -0.222. The molecular formula is C24H28OSi. The zero-order valence-corrected chi connectivity index (χ0v) is 17.0. The van der Waals surface area contributed by atoms with Gasteiger partial charge in [0.2, 0.25) is 0 Å². The first-order valence-electron chi connectivity index (χ1n) is 10.1. The molecule has 1 nitrogen and oxygen atoms in total. The molecule has 3 rings (SSSR count). The van der Waals surface area contributed by atoms with E-state index in [1.54, 1.807) is 18.2 Å². The number of benzene rings is 3.